The van der Waals surface area contributed by atoms with Crippen molar-refractivity contribution in [1.82, 2.24) is 0 Å². The minimum Gasteiger partial charge on any atom is -0.299 e. The van der Waals surface area contributed by atoms with Gasteiger partial charge in [-0.25, -0.2) is 0 Å². The quantitative estimate of drug-likeness (QED) is 0.548. The fourth-order valence-corrected chi connectivity index (χ4v) is 7.26. The summed E-state index contributed by atoms with van der Waals surface area (Å²) in [4.78, 5) is 12.5. The third-order valence-electron chi connectivity index (χ3n) is 8.05. The summed E-state index contributed by atoms with van der Waals surface area (Å²) in [6, 6.07) is 0. The Bertz CT molecular complexity index is 626. The van der Waals surface area contributed by atoms with E-state index in [2.05, 4.69) is 19.8 Å². The molecule has 3 fully saturated rings. The average molecular weight is 331 g/mol. The molecule has 1 nitrogen and oxygen atoms in total. The summed E-state index contributed by atoms with van der Waals surface area (Å²) in [5.74, 6) is 5.69. The van der Waals surface area contributed by atoms with E-state index in [4.69, 9.17) is 18.0 Å². The fourth-order valence-electron chi connectivity index (χ4n) is 6.77. The molecule has 0 N–H and O–H groups in total. The number of halogens is 1. The van der Waals surface area contributed by atoms with Gasteiger partial charge < -0.3 is 0 Å². The van der Waals surface area contributed by atoms with Crippen LogP contribution in [0.5, 0.6) is 0 Å². The van der Waals surface area contributed by atoms with E-state index in [1.165, 1.54) is 12.0 Å². The SMILES string of the molecule is C#C[C@H]1CCC2=C(Cl)C[C@@H]3[C@H](CC[C@]4(C)C(=O)CC[C@@H]34)[C@@]2(C)C1. The zero-order valence-electron chi connectivity index (χ0n) is 14.3. The molecule has 0 bridgehead atoms. The molecule has 0 aliphatic heterocycles. The van der Waals surface area contributed by atoms with Gasteiger partial charge in [-0.2, -0.15) is 0 Å². The Hall–Kier alpha value is -0.740. The van der Waals surface area contributed by atoms with Crippen molar-refractivity contribution in [1.29, 1.82) is 0 Å². The smallest absolute Gasteiger partial charge is 0.139 e. The molecule has 2 heteroatoms. The largest absolute Gasteiger partial charge is 0.299 e. The molecule has 0 saturated heterocycles. The molecule has 0 spiro atoms. The molecular formula is C21H27ClO. The van der Waals surface area contributed by atoms with Gasteiger partial charge in [-0.3, -0.25) is 4.79 Å². The predicted molar refractivity (Wildman–Crippen MR) is 93.8 cm³/mol. The summed E-state index contributed by atoms with van der Waals surface area (Å²) in [5.41, 5.74) is 1.59. The second kappa shape index (κ2) is 5.13. The van der Waals surface area contributed by atoms with Crippen molar-refractivity contribution in [3.05, 3.63) is 10.6 Å². The second-order valence-electron chi connectivity index (χ2n) is 8.91. The molecule has 6 atom stereocenters. The summed E-state index contributed by atoms with van der Waals surface area (Å²) in [6.07, 6.45) is 14.1. The van der Waals surface area contributed by atoms with Gasteiger partial charge in [-0.05, 0) is 73.7 Å². The van der Waals surface area contributed by atoms with Gasteiger partial charge in [0, 0.05) is 22.8 Å². The molecule has 0 amide bonds. The number of hydrogen-bond donors (Lipinski definition) is 0. The molecule has 0 aromatic rings. The van der Waals surface area contributed by atoms with E-state index >= 15 is 0 Å². The van der Waals surface area contributed by atoms with Gasteiger partial charge in [0.05, 0.1) is 0 Å². The fraction of sp³-hybridized carbons (Fsp3) is 0.762. The normalized spacial score (nSPS) is 49.2. The van der Waals surface area contributed by atoms with Crippen LogP contribution in [-0.2, 0) is 4.79 Å². The Kier molecular flexibility index (Phi) is 3.51. The number of allylic oxidation sites excluding steroid dienone is 2. The molecule has 0 aromatic carbocycles. The summed E-state index contributed by atoms with van der Waals surface area (Å²) in [7, 11) is 0. The number of carbonyl (C=O) groups excluding carboxylic acids is 1. The van der Waals surface area contributed by atoms with Crippen LogP contribution in [0.25, 0.3) is 0 Å². The molecular weight excluding hydrogens is 304 g/mol. The molecule has 0 aromatic heterocycles. The molecule has 124 valence electrons. The van der Waals surface area contributed by atoms with Crippen LogP contribution in [0.15, 0.2) is 10.6 Å². The summed E-state index contributed by atoms with van der Waals surface area (Å²) in [6.45, 7) is 4.65. The van der Waals surface area contributed by atoms with E-state index in [1.54, 1.807) is 0 Å². The molecule has 0 heterocycles. The lowest BCUT2D eigenvalue weighted by Crippen LogP contribution is -2.50. The zero-order chi connectivity index (χ0) is 16.4. The average Bonchev–Trinajstić information content (AvgIpc) is 2.82. The van der Waals surface area contributed by atoms with E-state index in [1.807, 2.05) is 0 Å². The van der Waals surface area contributed by atoms with Gasteiger partial charge >= 0.3 is 0 Å². The lowest BCUT2D eigenvalue weighted by Gasteiger charge is -2.57. The van der Waals surface area contributed by atoms with Crippen molar-refractivity contribution in [3.8, 4) is 12.3 Å². The summed E-state index contributed by atoms with van der Waals surface area (Å²) in [5, 5.41) is 1.10. The Morgan fingerprint density at radius 3 is 2.61 bits per heavy atom. The number of rotatable bonds is 0. The Labute approximate surface area is 145 Å². The van der Waals surface area contributed by atoms with Gasteiger partial charge in [-0.15, -0.1) is 12.3 Å². The first kappa shape index (κ1) is 15.8. The number of ketones is 1. The number of terminal acetylenes is 1. The van der Waals surface area contributed by atoms with Gasteiger partial charge in [0.2, 0.25) is 0 Å². The highest BCUT2D eigenvalue weighted by Crippen LogP contribution is 2.65. The van der Waals surface area contributed by atoms with Crippen LogP contribution in [0, 0.1) is 46.8 Å². The van der Waals surface area contributed by atoms with Crippen molar-refractivity contribution >= 4 is 17.4 Å². The van der Waals surface area contributed by atoms with Gasteiger partial charge in [0.15, 0.2) is 0 Å². The number of fused-ring (bicyclic) bond motifs is 5. The van der Waals surface area contributed by atoms with E-state index in [9.17, 15) is 4.79 Å². The lowest BCUT2D eigenvalue weighted by atomic mass is 9.47. The van der Waals surface area contributed by atoms with Gasteiger partial charge in [0.1, 0.15) is 5.78 Å². The third-order valence-corrected chi connectivity index (χ3v) is 8.43. The van der Waals surface area contributed by atoms with Crippen molar-refractivity contribution in [3.63, 3.8) is 0 Å². The molecule has 0 radical (unpaired) electrons. The highest BCUT2D eigenvalue weighted by Gasteiger charge is 2.59. The molecule has 0 unspecified atom stereocenters. The molecule has 4 aliphatic carbocycles. The maximum Gasteiger partial charge on any atom is 0.139 e. The van der Waals surface area contributed by atoms with Crippen molar-refractivity contribution < 1.29 is 4.79 Å². The van der Waals surface area contributed by atoms with Crippen LogP contribution in [0.4, 0.5) is 0 Å². The van der Waals surface area contributed by atoms with Gasteiger partial charge in [0.25, 0.3) is 0 Å². The van der Waals surface area contributed by atoms with Crippen LogP contribution >= 0.6 is 11.6 Å². The number of hydrogen-bond acceptors (Lipinski definition) is 1. The minimum absolute atomic E-state index is 0.0770. The molecule has 3 saturated carbocycles. The van der Waals surface area contributed by atoms with Crippen molar-refractivity contribution in [2.24, 2.45) is 34.5 Å². The van der Waals surface area contributed by atoms with E-state index in [-0.39, 0.29) is 10.8 Å². The van der Waals surface area contributed by atoms with Crippen LogP contribution in [0.3, 0.4) is 0 Å². The molecule has 4 rings (SSSR count). The highest BCUT2D eigenvalue weighted by atomic mass is 35.5. The molecule has 4 aliphatic rings. The van der Waals surface area contributed by atoms with E-state index in [0.717, 1.165) is 50.0 Å². The van der Waals surface area contributed by atoms with Crippen LogP contribution in [-0.4, -0.2) is 5.78 Å². The van der Waals surface area contributed by atoms with Crippen LogP contribution in [0.2, 0.25) is 0 Å². The number of Topliss-reactive ketones (excluding diaryl/α,β-unsaturated/α-hetero) is 1. The van der Waals surface area contributed by atoms with Gasteiger partial charge in [-0.1, -0.05) is 25.4 Å². The Balaban J connectivity index is 1.74. The molecule has 23 heavy (non-hydrogen) atoms. The van der Waals surface area contributed by atoms with Crippen LogP contribution < -0.4 is 0 Å². The predicted octanol–water partition coefficient (Wildman–Crippen LogP) is 5.33. The van der Waals surface area contributed by atoms with E-state index < -0.39 is 0 Å². The van der Waals surface area contributed by atoms with Crippen molar-refractivity contribution in [2.45, 2.75) is 65.2 Å². The standard InChI is InChI=1S/C21H27ClO/c1-4-13-5-6-17-18(22)11-14-15-7-8-19(23)20(15,2)10-9-16(14)21(17,3)12-13/h1,13-16H,5-12H2,2-3H3/t13-,14-,15-,16-,20-,21+/m0/s1. The van der Waals surface area contributed by atoms with Crippen molar-refractivity contribution in [2.75, 3.05) is 0 Å². The Morgan fingerprint density at radius 1 is 1.13 bits per heavy atom. The number of carbonyl (C=O) groups is 1. The first-order valence-electron chi connectivity index (χ1n) is 9.27. The first-order valence-corrected chi connectivity index (χ1v) is 9.65. The Morgan fingerprint density at radius 2 is 1.87 bits per heavy atom. The van der Waals surface area contributed by atoms with Crippen LogP contribution in [0.1, 0.15) is 65.2 Å². The third kappa shape index (κ3) is 2.03. The monoisotopic (exact) mass is 330 g/mol. The summed E-state index contributed by atoms with van der Waals surface area (Å²) >= 11 is 6.81. The second-order valence-corrected chi connectivity index (χ2v) is 9.36. The van der Waals surface area contributed by atoms with E-state index in [0.29, 0.717) is 29.5 Å². The highest BCUT2D eigenvalue weighted by molar-refractivity contribution is 6.30. The topological polar surface area (TPSA) is 17.1 Å². The lowest BCUT2D eigenvalue weighted by molar-refractivity contribution is -0.131. The maximum absolute atomic E-state index is 12.5. The maximum atomic E-state index is 12.5. The minimum atomic E-state index is -0.0770. The summed E-state index contributed by atoms with van der Waals surface area (Å²) < 4.78 is 0. The zero-order valence-corrected chi connectivity index (χ0v) is 15.1. The first-order chi connectivity index (χ1) is 10.9.